The van der Waals surface area contributed by atoms with Gasteiger partial charge in [0.05, 0.1) is 17.3 Å². The number of hydrogen-bond acceptors (Lipinski definition) is 3. The first-order valence-electron chi connectivity index (χ1n) is 6.65. The zero-order chi connectivity index (χ0) is 13.0. The second-order valence-corrected chi connectivity index (χ2v) is 4.74. The van der Waals surface area contributed by atoms with Crippen LogP contribution in [0.1, 0.15) is 44.3 Å². The monoisotopic (exact) mass is 246 g/mol. The van der Waals surface area contributed by atoms with Crippen LogP contribution in [0.5, 0.6) is 0 Å². The zero-order valence-electron chi connectivity index (χ0n) is 11.2. The first-order valence-corrected chi connectivity index (χ1v) is 6.65. The Balaban J connectivity index is 2.27. The van der Waals surface area contributed by atoms with Gasteiger partial charge in [0.2, 0.25) is 0 Å². The van der Waals surface area contributed by atoms with Crippen LogP contribution in [0.3, 0.4) is 0 Å². The highest BCUT2D eigenvalue weighted by molar-refractivity contribution is 5.82. The van der Waals surface area contributed by atoms with Gasteiger partial charge in [0.15, 0.2) is 0 Å². The molecule has 0 aliphatic carbocycles. The molecule has 4 heteroatoms. The molecule has 0 saturated carbocycles. The molecule has 4 nitrogen and oxygen atoms in total. The summed E-state index contributed by atoms with van der Waals surface area (Å²) >= 11 is 0. The van der Waals surface area contributed by atoms with Crippen LogP contribution in [0.25, 0.3) is 10.9 Å². The fraction of sp³-hybridized carbons (Fsp3) is 0.500. The van der Waals surface area contributed by atoms with Gasteiger partial charge in [-0.25, -0.2) is 0 Å². The van der Waals surface area contributed by atoms with Gasteiger partial charge in [0.1, 0.15) is 0 Å². The Morgan fingerprint density at radius 3 is 2.83 bits per heavy atom. The second kappa shape index (κ2) is 5.98. The number of benzene rings is 1. The largest absolute Gasteiger partial charge is 0.271 e. The lowest BCUT2D eigenvalue weighted by molar-refractivity contribution is 0.474. The van der Waals surface area contributed by atoms with Gasteiger partial charge in [0.25, 0.3) is 0 Å². The highest BCUT2D eigenvalue weighted by Crippen LogP contribution is 2.26. The number of rotatable bonds is 6. The lowest BCUT2D eigenvalue weighted by Crippen LogP contribution is -2.28. The Bertz CT molecular complexity index is 503. The number of para-hydroxylation sites is 1. The lowest BCUT2D eigenvalue weighted by Gasteiger charge is -2.13. The van der Waals surface area contributed by atoms with E-state index in [0.717, 1.165) is 17.6 Å². The van der Waals surface area contributed by atoms with Crippen LogP contribution in [0, 0.1) is 0 Å². The molecule has 18 heavy (non-hydrogen) atoms. The third-order valence-corrected chi connectivity index (χ3v) is 3.41. The van der Waals surface area contributed by atoms with Crippen molar-refractivity contribution in [3.63, 3.8) is 0 Å². The average molecular weight is 246 g/mol. The van der Waals surface area contributed by atoms with Crippen molar-refractivity contribution < 1.29 is 0 Å². The maximum absolute atomic E-state index is 5.69. The van der Waals surface area contributed by atoms with Crippen LogP contribution in [-0.4, -0.2) is 9.78 Å². The van der Waals surface area contributed by atoms with E-state index in [9.17, 15) is 0 Å². The molecule has 2 rings (SSSR count). The Kier molecular flexibility index (Phi) is 4.33. The highest BCUT2D eigenvalue weighted by atomic mass is 15.3. The molecule has 0 spiro atoms. The number of aryl methyl sites for hydroxylation is 1. The molecule has 0 radical (unpaired) electrons. The van der Waals surface area contributed by atoms with Crippen LogP contribution in [-0.2, 0) is 7.05 Å². The number of unbranched alkanes of at least 4 members (excludes halogenated alkanes) is 2. The molecule has 1 heterocycles. The van der Waals surface area contributed by atoms with Crippen molar-refractivity contribution in [3.05, 3.63) is 30.0 Å². The Labute approximate surface area is 108 Å². The molecule has 0 aliphatic rings. The molecule has 0 saturated heterocycles. The van der Waals surface area contributed by atoms with E-state index in [1.807, 2.05) is 23.9 Å². The van der Waals surface area contributed by atoms with Crippen molar-refractivity contribution in [2.45, 2.75) is 38.6 Å². The predicted molar refractivity (Wildman–Crippen MR) is 74.9 cm³/mol. The SMILES string of the molecule is CCCCCC(NN)c1nn(C)c2ccccc12. The van der Waals surface area contributed by atoms with E-state index in [1.165, 1.54) is 24.6 Å². The van der Waals surface area contributed by atoms with Crippen molar-refractivity contribution in [1.82, 2.24) is 15.2 Å². The van der Waals surface area contributed by atoms with E-state index in [4.69, 9.17) is 5.84 Å². The minimum absolute atomic E-state index is 0.141. The third-order valence-electron chi connectivity index (χ3n) is 3.41. The fourth-order valence-electron chi connectivity index (χ4n) is 2.40. The second-order valence-electron chi connectivity index (χ2n) is 4.74. The van der Waals surface area contributed by atoms with Crippen LogP contribution >= 0.6 is 0 Å². The summed E-state index contributed by atoms with van der Waals surface area (Å²) in [7, 11) is 1.98. The molecule has 0 aliphatic heterocycles. The van der Waals surface area contributed by atoms with E-state index in [2.05, 4.69) is 29.6 Å². The van der Waals surface area contributed by atoms with Crippen molar-refractivity contribution in [3.8, 4) is 0 Å². The van der Waals surface area contributed by atoms with Gasteiger partial charge in [-0.05, 0) is 12.5 Å². The molecule has 0 amide bonds. The number of nitrogens with one attached hydrogen (secondary N) is 1. The van der Waals surface area contributed by atoms with Crippen LogP contribution in [0.2, 0.25) is 0 Å². The van der Waals surface area contributed by atoms with Gasteiger partial charge in [-0.3, -0.25) is 16.0 Å². The van der Waals surface area contributed by atoms with E-state index >= 15 is 0 Å². The maximum Gasteiger partial charge on any atom is 0.0886 e. The summed E-state index contributed by atoms with van der Waals surface area (Å²) in [6.07, 6.45) is 4.67. The summed E-state index contributed by atoms with van der Waals surface area (Å²) in [5.74, 6) is 5.69. The number of aromatic nitrogens is 2. The molecular formula is C14H22N4. The number of nitrogens with zero attached hydrogens (tertiary/aromatic N) is 2. The van der Waals surface area contributed by atoms with Gasteiger partial charge in [-0.1, -0.05) is 44.4 Å². The average Bonchev–Trinajstić information content (AvgIpc) is 2.73. The fourth-order valence-corrected chi connectivity index (χ4v) is 2.40. The molecular weight excluding hydrogens is 224 g/mol. The predicted octanol–water partition coefficient (Wildman–Crippen LogP) is 2.66. The molecule has 1 unspecified atom stereocenters. The first kappa shape index (κ1) is 13.1. The summed E-state index contributed by atoms with van der Waals surface area (Å²) < 4.78 is 1.93. The van der Waals surface area contributed by atoms with Crippen molar-refractivity contribution in [2.75, 3.05) is 0 Å². The maximum atomic E-state index is 5.69. The third kappa shape index (κ3) is 2.54. The van der Waals surface area contributed by atoms with Gasteiger partial charge < -0.3 is 0 Å². The number of nitrogens with two attached hydrogens (primary N) is 1. The number of hydrogen-bond donors (Lipinski definition) is 2. The summed E-state index contributed by atoms with van der Waals surface area (Å²) in [5, 5.41) is 5.81. The molecule has 98 valence electrons. The highest BCUT2D eigenvalue weighted by Gasteiger charge is 2.17. The topological polar surface area (TPSA) is 55.9 Å². The number of hydrazine groups is 1. The Morgan fingerprint density at radius 1 is 1.33 bits per heavy atom. The normalized spacial score (nSPS) is 13.1. The molecule has 0 fully saturated rings. The first-order chi connectivity index (χ1) is 8.77. The van der Waals surface area contributed by atoms with Crippen molar-refractivity contribution in [2.24, 2.45) is 12.9 Å². The van der Waals surface area contributed by atoms with Crippen molar-refractivity contribution >= 4 is 10.9 Å². The van der Waals surface area contributed by atoms with Crippen molar-refractivity contribution in [1.29, 1.82) is 0 Å². The summed E-state index contributed by atoms with van der Waals surface area (Å²) in [6.45, 7) is 2.21. The van der Waals surface area contributed by atoms with E-state index < -0.39 is 0 Å². The standard InChI is InChI=1S/C14H22N4/c1-3-4-5-9-12(16-15)14-11-8-6-7-10-13(11)18(2)17-14/h6-8,10,12,16H,3-5,9,15H2,1-2H3. The minimum atomic E-state index is 0.141. The van der Waals surface area contributed by atoms with E-state index in [1.54, 1.807) is 0 Å². The summed E-state index contributed by atoms with van der Waals surface area (Å²) in [5.41, 5.74) is 5.12. The molecule has 1 atom stereocenters. The Morgan fingerprint density at radius 2 is 2.11 bits per heavy atom. The molecule has 2 aromatic rings. The lowest BCUT2D eigenvalue weighted by atomic mass is 10.0. The van der Waals surface area contributed by atoms with Crippen LogP contribution in [0.4, 0.5) is 0 Å². The van der Waals surface area contributed by atoms with E-state index in [0.29, 0.717) is 0 Å². The van der Waals surface area contributed by atoms with Crippen LogP contribution in [0.15, 0.2) is 24.3 Å². The quantitative estimate of drug-likeness (QED) is 0.468. The van der Waals surface area contributed by atoms with Crippen LogP contribution < -0.4 is 11.3 Å². The van der Waals surface area contributed by atoms with Gasteiger partial charge >= 0.3 is 0 Å². The summed E-state index contributed by atoms with van der Waals surface area (Å²) in [6, 6.07) is 8.43. The molecule has 1 aromatic heterocycles. The number of fused-ring (bicyclic) bond motifs is 1. The Hall–Kier alpha value is -1.39. The molecule has 0 bridgehead atoms. The molecule has 3 N–H and O–H groups in total. The smallest absolute Gasteiger partial charge is 0.0886 e. The van der Waals surface area contributed by atoms with Gasteiger partial charge in [-0.15, -0.1) is 0 Å². The van der Waals surface area contributed by atoms with Gasteiger partial charge in [0, 0.05) is 12.4 Å². The summed E-state index contributed by atoms with van der Waals surface area (Å²) in [4.78, 5) is 0. The van der Waals surface area contributed by atoms with Gasteiger partial charge in [-0.2, -0.15) is 5.10 Å². The molecule has 1 aromatic carbocycles. The minimum Gasteiger partial charge on any atom is -0.271 e. The van der Waals surface area contributed by atoms with E-state index in [-0.39, 0.29) is 6.04 Å². The zero-order valence-corrected chi connectivity index (χ0v) is 11.2.